The summed E-state index contributed by atoms with van der Waals surface area (Å²) >= 11 is 0. The van der Waals surface area contributed by atoms with Crippen LogP contribution in [0.1, 0.15) is 33.1 Å². The molecule has 0 saturated carbocycles. The Balaban J connectivity index is 2.00. The second-order valence-corrected chi connectivity index (χ2v) is 7.59. The molecule has 2 rings (SSSR count). The highest BCUT2D eigenvalue weighted by molar-refractivity contribution is 7.89. The molecule has 0 radical (unpaired) electrons. The second kappa shape index (κ2) is 5.24. The van der Waals surface area contributed by atoms with Crippen LogP contribution in [-0.4, -0.2) is 44.2 Å². The molecule has 1 N–H and O–H groups in total. The summed E-state index contributed by atoms with van der Waals surface area (Å²) in [4.78, 5) is 0. The second-order valence-electron chi connectivity index (χ2n) is 5.57. The molecule has 17 heavy (non-hydrogen) atoms. The third kappa shape index (κ3) is 3.01. The summed E-state index contributed by atoms with van der Waals surface area (Å²) in [6.07, 6.45) is 3.59. The van der Waals surface area contributed by atoms with Crippen molar-refractivity contribution in [1.29, 1.82) is 0 Å². The SMILES string of the molecule is CCC1CCCNC1CN1CC(C)CS1(=O)=O. The lowest BCUT2D eigenvalue weighted by Crippen LogP contribution is -2.49. The van der Waals surface area contributed by atoms with Crippen molar-refractivity contribution < 1.29 is 8.42 Å². The third-order valence-electron chi connectivity index (χ3n) is 4.06. The van der Waals surface area contributed by atoms with E-state index in [0.29, 0.717) is 30.8 Å². The van der Waals surface area contributed by atoms with Gasteiger partial charge in [-0.05, 0) is 31.2 Å². The zero-order valence-corrected chi connectivity index (χ0v) is 11.7. The molecule has 2 heterocycles. The van der Waals surface area contributed by atoms with Crippen molar-refractivity contribution in [1.82, 2.24) is 9.62 Å². The first kappa shape index (κ1) is 13.3. The number of hydrogen-bond acceptors (Lipinski definition) is 3. The lowest BCUT2D eigenvalue weighted by atomic mass is 9.88. The first-order chi connectivity index (χ1) is 8.03. The van der Waals surface area contributed by atoms with Crippen LogP contribution in [0.5, 0.6) is 0 Å². The molecule has 4 nitrogen and oxygen atoms in total. The van der Waals surface area contributed by atoms with Gasteiger partial charge in [0, 0.05) is 19.1 Å². The maximum absolute atomic E-state index is 11.9. The zero-order valence-electron chi connectivity index (χ0n) is 10.9. The van der Waals surface area contributed by atoms with Gasteiger partial charge in [0.05, 0.1) is 5.75 Å². The quantitative estimate of drug-likeness (QED) is 0.825. The van der Waals surface area contributed by atoms with E-state index in [1.165, 1.54) is 12.8 Å². The van der Waals surface area contributed by atoms with Crippen LogP contribution in [0.4, 0.5) is 0 Å². The van der Waals surface area contributed by atoms with Crippen LogP contribution < -0.4 is 5.32 Å². The molecule has 3 unspecified atom stereocenters. The van der Waals surface area contributed by atoms with Gasteiger partial charge in [0.15, 0.2) is 0 Å². The molecular weight excluding hydrogens is 236 g/mol. The predicted molar refractivity (Wildman–Crippen MR) is 69.3 cm³/mol. The number of rotatable bonds is 3. The summed E-state index contributed by atoms with van der Waals surface area (Å²) in [5.74, 6) is 1.25. The van der Waals surface area contributed by atoms with Crippen LogP contribution in [0, 0.1) is 11.8 Å². The largest absolute Gasteiger partial charge is 0.312 e. The average molecular weight is 260 g/mol. The lowest BCUT2D eigenvalue weighted by Gasteiger charge is -2.34. The van der Waals surface area contributed by atoms with Crippen LogP contribution in [-0.2, 0) is 10.0 Å². The molecule has 2 fully saturated rings. The van der Waals surface area contributed by atoms with Crippen LogP contribution in [0.2, 0.25) is 0 Å². The summed E-state index contributed by atoms with van der Waals surface area (Å²) in [6.45, 7) is 6.63. The highest BCUT2D eigenvalue weighted by Gasteiger charge is 2.36. The Morgan fingerprint density at radius 1 is 1.41 bits per heavy atom. The van der Waals surface area contributed by atoms with E-state index >= 15 is 0 Å². The van der Waals surface area contributed by atoms with Gasteiger partial charge in [-0.2, -0.15) is 0 Å². The highest BCUT2D eigenvalue weighted by Crippen LogP contribution is 2.24. The van der Waals surface area contributed by atoms with Crippen molar-refractivity contribution in [2.24, 2.45) is 11.8 Å². The molecule has 0 aromatic rings. The van der Waals surface area contributed by atoms with E-state index in [1.807, 2.05) is 6.92 Å². The van der Waals surface area contributed by atoms with Crippen molar-refractivity contribution in [3.05, 3.63) is 0 Å². The van der Waals surface area contributed by atoms with Crippen molar-refractivity contribution in [2.75, 3.05) is 25.4 Å². The zero-order chi connectivity index (χ0) is 12.5. The fourth-order valence-corrected chi connectivity index (χ4v) is 5.01. The smallest absolute Gasteiger partial charge is 0.214 e. The fourth-order valence-electron chi connectivity index (χ4n) is 3.11. The third-order valence-corrected chi connectivity index (χ3v) is 6.13. The molecule has 2 aliphatic rings. The van der Waals surface area contributed by atoms with Crippen molar-refractivity contribution in [3.8, 4) is 0 Å². The van der Waals surface area contributed by atoms with E-state index < -0.39 is 10.0 Å². The van der Waals surface area contributed by atoms with Crippen molar-refractivity contribution in [2.45, 2.75) is 39.2 Å². The topological polar surface area (TPSA) is 49.4 Å². The monoisotopic (exact) mass is 260 g/mol. The van der Waals surface area contributed by atoms with E-state index in [2.05, 4.69) is 12.2 Å². The Bertz CT molecular complexity index is 356. The Morgan fingerprint density at radius 2 is 2.18 bits per heavy atom. The van der Waals surface area contributed by atoms with Crippen LogP contribution in [0.25, 0.3) is 0 Å². The molecule has 0 aromatic heterocycles. The predicted octanol–water partition coefficient (Wildman–Crippen LogP) is 1.05. The lowest BCUT2D eigenvalue weighted by molar-refractivity contribution is 0.232. The average Bonchev–Trinajstić information content (AvgIpc) is 2.52. The van der Waals surface area contributed by atoms with E-state index in [4.69, 9.17) is 0 Å². The Labute approximate surface area is 105 Å². The molecule has 3 atom stereocenters. The Hall–Kier alpha value is -0.130. The van der Waals surface area contributed by atoms with Crippen molar-refractivity contribution in [3.63, 3.8) is 0 Å². The number of nitrogens with one attached hydrogen (secondary N) is 1. The molecule has 0 spiro atoms. The first-order valence-corrected chi connectivity index (χ1v) is 8.35. The molecular formula is C12H24N2O2S. The minimum atomic E-state index is -2.97. The summed E-state index contributed by atoms with van der Waals surface area (Å²) in [5.41, 5.74) is 0. The van der Waals surface area contributed by atoms with Crippen LogP contribution in [0.15, 0.2) is 0 Å². The van der Waals surface area contributed by atoms with Gasteiger partial charge in [-0.3, -0.25) is 0 Å². The maximum atomic E-state index is 11.9. The van der Waals surface area contributed by atoms with E-state index in [0.717, 1.165) is 13.0 Å². The number of sulfonamides is 1. The van der Waals surface area contributed by atoms with Crippen LogP contribution >= 0.6 is 0 Å². The van der Waals surface area contributed by atoms with Gasteiger partial charge < -0.3 is 5.32 Å². The molecule has 2 aliphatic heterocycles. The summed E-state index contributed by atoms with van der Waals surface area (Å²) < 4.78 is 25.6. The van der Waals surface area contributed by atoms with Gasteiger partial charge in [0.1, 0.15) is 0 Å². The molecule has 2 saturated heterocycles. The fraction of sp³-hybridized carbons (Fsp3) is 1.00. The van der Waals surface area contributed by atoms with Gasteiger partial charge >= 0.3 is 0 Å². The molecule has 100 valence electrons. The van der Waals surface area contributed by atoms with Gasteiger partial charge in [-0.25, -0.2) is 12.7 Å². The normalized spacial score (nSPS) is 38.4. The van der Waals surface area contributed by atoms with Gasteiger partial charge in [0.25, 0.3) is 0 Å². The minimum Gasteiger partial charge on any atom is -0.312 e. The molecule has 0 amide bonds. The minimum absolute atomic E-state index is 0.281. The summed E-state index contributed by atoms with van der Waals surface area (Å²) in [5, 5.41) is 3.49. The standard InChI is InChI=1S/C12H24N2O2S/c1-3-11-5-4-6-13-12(11)8-14-7-10(2)9-17(14,15)16/h10-13H,3-9H2,1-2H3. The highest BCUT2D eigenvalue weighted by atomic mass is 32.2. The van der Waals surface area contributed by atoms with E-state index in [1.54, 1.807) is 4.31 Å². The molecule has 0 bridgehead atoms. The van der Waals surface area contributed by atoms with E-state index in [-0.39, 0.29) is 5.92 Å². The van der Waals surface area contributed by atoms with Gasteiger partial charge in [-0.1, -0.05) is 20.3 Å². The van der Waals surface area contributed by atoms with E-state index in [9.17, 15) is 8.42 Å². The van der Waals surface area contributed by atoms with Crippen molar-refractivity contribution >= 4 is 10.0 Å². The summed E-state index contributed by atoms with van der Waals surface area (Å²) in [7, 11) is -2.97. The number of nitrogens with zero attached hydrogens (tertiary/aromatic N) is 1. The number of piperidine rings is 1. The number of hydrogen-bond donors (Lipinski definition) is 1. The Kier molecular flexibility index (Phi) is 4.10. The summed E-state index contributed by atoms with van der Waals surface area (Å²) in [6, 6.07) is 0.355. The molecule has 0 aromatic carbocycles. The van der Waals surface area contributed by atoms with Crippen LogP contribution in [0.3, 0.4) is 0 Å². The first-order valence-electron chi connectivity index (χ1n) is 6.74. The van der Waals surface area contributed by atoms with Gasteiger partial charge in [0.2, 0.25) is 10.0 Å². The Morgan fingerprint density at radius 3 is 2.76 bits per heavy atom. The maximum Gasteiger partial charge on any atom is 0.214 e. The molecule has 0 aliphatic carbocycles. The molecule has 5 heteroatoms. The van der Waals surface area contributed by atoms with Gasteiger partial charge in [-0.15, -0.1) is 0 Å².